The van der Waals surface area contributed by atoms with Gasteiger partial charge in [-0.15, -0.1) is 0 Å². The maximum Gasteiger partial charge on any atom is 0.394 e. The number of carboxylic acid groups (broad SMARTS) is 1. The number of aliphatic carboxylic acids is 1. The van der Waals surface area contributed by atoms with E-state index in [0.717, 1.165) is 4.90 Å². The van der Waals surface area contributed by atoms with Gasteiger partial charge in [-0.2, -0.15) is 13.2 Å². The zero-order valence-corrected chi connectivity index (χ0v) is 12.7. The van der Waals surface area contributed by atoms with Gasteiger partial charge in [-0.25, -0.2) is 9.97 Å². The molecule has 1 amide bonds. The highest BCUT2D eigenvalue weighted by molar-refractivity contribution is 5.94. The molecule has 3 rings (SSSR count). The second-order valence-electron chi connectivity index (χ2n) is 5.68. The molecule has 0 saturated carbocycles. The molecular weight excluding hydrogens is 341 g/mol. The average Bonchev–Trinajstić information content (AvgIpc) is 3.23. The molecule has 2 aromatic heterocycles. The van der Waals surface area contributed by atoms with Crippen LogP contribution in [0, 0.1) is 11.8 Å². The van der Waals surface area contributed by atoms with E-state index < -0.39 is 43.0 Å². The molecule has 3 heterocycles. The van der Waals surface area contributed by atoms with E-state index in [1.807, 2.05) is 0 Å². The van der Waals surface area contributed by atoms with E-state index in [-0.39, 0.29) is 5.56 Å². The number of likely N-dealkylation sites (tertiary alicyclic amines) is 1. The van der Waals surface area contributed by atoms with Crippen LogP contribution in [0.5, 0.6) is 0 Å². The van der Waals surface area contributed by atoms with Crippen LogP contribution in [-0.4, -0.2) is 55.7 Å². The Hall–Kier alpha value is -2.91. The summed E-state index contributed by atoms with van der Waals surface area (Å²) in [7, 11) is 0. The number of carbonyl (C=O) groups is 2. The van der Waals surface area contributed by atoms with Gasteiger partial charge in [-0.3, -0.25) is 14.2 Å². The van der Waals surface area contributed by atoms with Gasteiger partial charge in [0.2, 0.25) is 0 Å². The molecule has 0 aliphatic carbocycles. The van der Waals surface area contributed by atoms with Crippen LogP contribution in [0.2, 0.25) is 0 Å². The second-order valence-corrected chi connectivity index (χ2v) is 5.68. The van der Waals surface area contributed by atoms with Crippen molar-refractivity contribution in [3.63, 3.8) is 0 Å². The number of amides is 1. The standard InChI is InChI=1S/C15H13F3N4O3/c16-15(17,18)11-7-22(6-10(11)14(24)25)13(23)9-1-2-12(20-5-9)21-4-3-19-8-21/h1-5,8,10-11H,6-7H2,(H,24,25)/t10-,11-/m1/s1. The molecule has 1 saturated heterocycles. The summed E-state index contributed by atoms with van der Waals surface area (Å²) in [5.41, 5.74) is 0.0934. The molecule has 7 nitrogen and oxygen atoms in total. The molecule has 1 N–H and O–H groups in total. The molecule has 10 heteroatoms. The van der Waals surface area contributed by atoms with Gasteiger partial charge in [0.05, 0.1) is 17.4 Å². The van der Waals surface area contributed by atoms with Crippen LogP contribution in [0.25, 0.3) is 5.82 Å². The number of hydrogen-bond acceptors (Lipinski definition) is 4. The average molecular weight is 354 g/mol. The van der Waals surface area contributed by atoms with E-state index in [1.54, 1.807) is 17.0 Å². The number of alkyl halides is 3. The summed E-state index contributed by atoms with van der Waals surface area (Å²) in [6, 6.07) is 2.96. The molecule has 0 bridgehead atoms. The van der Waals surface area contributed by atoms with Gasteiger partial charge in [0.25, 0.3) is 5.91 Å². The van der Waals surface area contributed by atoms with Crippen molar-refractivity contribution >= 4 is 11.9 Å². The minimum atomic E-state index is -4.68. The molecule has 0 aromatic carbocycles. The third-order valence-electron chi connectivity index (χ3n) is 4.11. The Kier molecular flexibility index (Phi) is 4.19. The number of carbonyl (C=O) groups excluding carboxylic acids is 1. The SMILES string of the molecule is O=C(O)[C@@H]1CN(C(=O)c2ccc(-n3ccnc3)nc2)C[C@H]1C(F)(F)F. The summed E-state index contributed by atoms with van der Waals surface area (Å²) < 4.78 is 40.6. The van der Waals surface area contributed by atoms with E-state index in [0.29, 0.717) is 5.82 Å². The minimum Gasteiger partial charge on any atom is -0.481 e. The molecule has 0 spiro atoms. The van der Waals surface area contributed by atoms with Gasteiger partial charge in [0, 0.05) is 31.7 Å². The molecule has 1 aliphatic rings. The fourth-order valence-electron chi connectivity index (χ4n) is 2.79. The quantitative estimate of drug-likeness (QED) is 0.905. The van der Waals surface area contributed by atoms with E-state index >= 15 is 0 Å². The number of pyridine rings is 1. The summed E-state index contributed by atoms with van der Waals surface area (Å²) in [5.74, 6) is -5.49. The van der Waals surface area contributed by atoms with Crippen LogP contribution < -0.4 is 0 Å². The van der Waals surface area contributed by atoms with Crippen molar-refractivity contribution in [3.8, 4) is 5.82 Å². The number of hydrogen-bond donors (Lipinski definition) is 1. The highest BCUT2D eigenvalue weighted by atomic mass is 19.4. The van der Waals surface area contributed by atoms with Gasteiger partial charge >= 0.3 is 12.1 Å². The van der Waals surface area contributed by atoms with Crippen LogP contribution in [0.15, 0.2) is 37.1 Å². The first-order chi connectivity index (χ1) is 11.8. The van der Waals surface area contributed by atoms with Gasteiger partial charge in [-0.05, 0) is 12.1 Å². The fourth-order valence-corrected chi connectivity index (χ4v) is 2.79. The first kappa shape index (κ1) is 16.9. The lowest BCUT2D eigenvalue weighted by atomic mass is 9.96. The molecule has 25 heavy (non-hydrogen) atoms. The van der Waals surface area contributed by atoms with E-state index in [1.165, 1.54) is 24.7 Å². The van der Waals surface area contributed by atoms with Crippen molar-refractivity contribution in [2.75, 3.05) is 13.1 Å². The van der Waals surface area contributed by atoms with Crippen LogP contribution in [-0.2, 0) is 4.79 Å². The molecule has 0 radical (unpaired) electrons. The monoisotopic (exact) mass is 354 g/mol. The second kappa shape index (κ2) is 6.19. The van der Waals surface area contributed by atoms with Gasteiger partial charge in [0.15, 0.2) is 0 Å². The Morgan fingerprint density at radius 2 is 2.00 bits per heavy atom. The molecule has 1 aliphatic heterocycles. The third-order valence-corrected chi connectivity index (χ3v) is 4.11. The van der Waals surface area contributed by atoms with Crippen LogP contribution >= 0.6 is 0 Å². The highest BCUT2D eigenvalue weighted by Crippen LogP contribution is 2.38. The summed E-state index contributed by atoms with van der Waals surface area (Å²) in [4.78, 5) is 32.3. The van der Waals surface area contributed by atoms with Crippen molar-refractivity contribution in [1.82, 2.24) is 19.4 Å². The molecular formula is C15H13F3N4O3. The maximum atomic E-state index is 13.0. The zero-order valence-electron chi connectivity index (χ0n) is 12.7. The Morgan fingerprint density at radius 3 is 2.48 bits per heavy atom. The first-order valence-electron chi connectivity index (χ1n) is 7.30. The van der Waals surface area contributed by atoms with Gasteiger partial charge in [0.1, 0.15) is 12.1 Å². The summed E-state index contributed by atoms with van der Waals surface area (Å²) in [6.45, 7) is -1.16. The van der Waals surface area contributed by atoms with Crippen molar-refractivity contribution < 1.29 is 27.9 Å². The lowest BCUT2D eigenvalue weighted by molar-refractivity contribution is -0.187. The zero-order chi connectivity index (χ0) is 18.2. The lowest BCUT2D eigenvalue weighted by Crippen LogP contribution is -2.34. The molecule has 1 fully saturated rings. The number of imidazole rings is 1. The Morgan fingerprint density at radius 1 is 1.24 bits per heavy atom. The number of carboxylic acids is 1. The van der Waals surface area contributed by atoms with Crippen LogP contribution in [0.4, 0.5) is 13.2 Å². The maximum absolute atomic E-state index is 13.0. The van der Waals surface area contributed by atoms with E-state index in [9.17, 15) is 22.8 Å². The Bertz CT molecular complexity index is 774. The molecule has 2 aromatic rings. The third kappa shape index (κ3) is 3.32. The van der Waals surface area contributed by atoms with Crippen molar-refractivity contribution in [3.05, 3.63) is 42.6 Å². The minimum absolute atomic E-state index is 0.0934. The predicted molar refractivity (Wildman–Crippen MR) is 77.9 cm³/mol. The van der Waals surface area contributed by atoms with Crippen molar-refractivity contribution in [1.29, 1.82) is 0 Å². The summed E-state index contributed by atoms with van der Waals surface area (Å²) in [6.07, 6.45) is 1.27. The van der Waals surface area contributed by atoms with Crippen molar-refractivity contribution in [2.45, 2.75) is 6.18 Å². The van der Waals surface area contributed by atoms with Gasteiger partial charge < -0.3 is 10.0 Å². The van der Waals surface area contributed by atoms with Crippen LogP contribution in [0.3, 0.4) is 0 Å². The lowest BCUT2D eigenvalue weighted by Gasteiger charge is -2.18. The van der Waals surface area contributed by atoms with E-state index in [2.05, 4.69) is 9.97 Å². The van der Waals surface area contributed by atoms with Crippen molar-refractivity contribution in [2.24, 2.45) is 11.8 Å². The summed E-state index contributed by atoms with van der Waals surface area (Å²) >= 11 is 0. The largest absolute Gasteiger partial charge is 0.481 e. The van der Waals surface area contributed by atoms with E-state index in [4.69, 9.17) is 5.11 Å². The number of halogens is 3. The molecule has 132 valence electrons. The Labute approximate surface area is 139 Å². The number of nitrogens with zero attached hydrogens (tertiary/aromatic N) is 4. The summed E-state index contributed by atoms with van der Waals surface area (Å²) in [5, 5.41) is 9.00. The number of aromatic nitrogens is 3. The fraction of sp³-hybridized carbons (Fsp3) is 0.333. The Balaban J connectivity index is 1.78. The topological polar surface area (TPSA) is 88.3 Å². The molecule has 2 atom stereocenters. The normalized spacial score (nSPS) is 20.7. The molecule has 0 unspecified atom stereocenters. The van der Waals surface area contributed by atoms with Crippen LogP contribution in [0.1, 0.15) is 10.4 Å². The number of rotatable bonds is 3. The smallest absolute Gasteiger partial charge is 0.394 e. The first-order valence-corrected chi connectivity index (χ1v) is 7.30. The highest BCUT2D eigenvalue weighted by Gasteiger charge is 2.53. The van der Waals surface area contributed by atoms with Gasteiger partial charge in [-0.1, -0.05) is 0 Å². The predicted octanol–water partition coefficient (Wildman–Crippen LogP) is 1.60.